The van der Waals surface area contributed by atoms with E-state index < -0.39 is 0 Å². The van der Waals surface area contributed by atoms with Crippen LogP contribution in [0.3, 0.4) is 0 Å². The molecule has 0 aromatic carbocycles. The van der Waals surface area contributed by atoms with Crippen molar-refractivity contribution in [3.8, 4) is 0 Å². The minimum absolute atomic E-state index is 0.689. The summed E-state index contributed by atoms with van der Waals surface area (Å²) in [5.41, 5.74) is 2.56. The summed E-state index contributed by atoms with van der Waals surface area (Å²) in [4.78, 5) is 9.83. The second-order valence-corrected chi connectivity index (χ2v) is 5.88. The van der Waals surface area contributed by atoms with Gasteiger partial charge in [-0.3, -0.25) is 0 Å². The molecule has 3 rings (SSSR count). The average Bonchev–Trinajstić information content (AvgIpc) is 2.86. The number of fused-ring (bicyclic) bond motifs is 1. The number of likely N-dealkylation sites (tertiary alicyclic amines) is 1. The van der Waals surface area contributed by atoms with Gasteiger partial charge in [0.15, 0.2) is 0 Å². The van der Waals surface area contributed by atoms with Crippen LogP contribution in [0.1, 0.15) is 24.6 Å². The Kier molecular flexibility index (Phi) is 3.02. The maximum atomic E-state index is 4.83. The Labute approximate surface area is 110 Å². The third-order valence-electron chi connectivity index (χ3n) is 4.40. The standard InChI is InChI=1S/C15H23N3/c1-4-13-7-11(2)8-15(16-13)18-6-5-12-9-17(3)10-14(12)18/h7-8,12,14H,4-6,9-10H2,1-3H3/t12-,14-/m1/s1. The lowest BCUT2D eigenvalue weighted by atomic mass is 10.1. The molecule has 18 heavy (non-hydrogen) atoms. The van der Waals surface area contributed by atoms with Crippen molar-refractivity contribution in [3.63, 3.8) is 0 Å². The summed E-state index contributed by atoms with van der Waals surface area (Å²) in [7, 11) is 2.23. The minimum atomic E-state index is 0.689. The molecule has 3 nitrogen and oxygen atoms in total. The predicted octanol–water partition coefficient (Wildman–Crippen LogP) is 2.09. The van der Waals surface area contributed by atoms with E-state index in [2.05, 4.69) is 42.8 Å². The van der Waals surface area contributed by atoms with E-state index in [4.69, 9.17) is 4.98 Å². The molecule has 2 atom stereocenters. The smallest absolute Gasteiger partial charge is 0.129 e. The van der Waals surface area contributed by atoms with Gasteiger partial charge in [-0.05, 0) is 50.4 Å². The Morgan fingerprint density at radius 2 is 2.17 bits per heavy atom. The first kappa shape index (κ1) is 12.0. The van der Waals surface area contributed by atoms with Gasteiger partial charge in [0.2, 0.25) is 0 Å². The molecule has 1 aromatic rings. The van der Waals surface area contributed by atoms with Gasteiger partial charge in [0.1, 0.15) is 5.82 Å². The van der Waals surface area contributed by atoms with Crippen LogP contribution in [0.15, 0.2) is 12.1 Å². The van der Waals surface area contributed by atoms with Crippen molar-refractivity contribution in [2.45, 2.75) is 32.7 Å². The van der Waals surface area contributed by atoms with E-state index in [9.17, 15) is 0 Å². The largest absolute Gasteiger partial charge is 0.352 e. The normalized spacial score (nSPS) is 27.8. The monoisotopic (exact) mass is 245 g/mol. The van der Waals surface area contributed by atoms with Crippen LogP contribution >= 0.6 is 0 Å². The quantitative estimate of drug-likeness (QED) is 0.795. The third kappa shape index (κ3) is 2.01. The number of aryl methyl sites for hydroxylation is 2. The summed E-state index contributed by atoms with van der Waals surface area (Å²) in [6.45, 7) is 8.00. The van der Waals surface area contributed by atoms with Crippen LogP contribution in [0.5, 0.6) is 0 Å². The SMILES string of the molecule is CCc1cc(C)cc(N2CC[C@@H]3CN(C)C[C@H]32)n1. The van der Waals surface area contributed by atoms with Crippen LogP contribution in [0.25, 0.3) is 0 Å². The average molecular weight is 245 g/mol. The fourth-order valence-electron chi connectivity index (χ4n) is 3.50. The van der Waals surface area contributed by atoms with Gasteiger partial charge in [0, 0.05) is 31.4 Å². The highest BCUT2D eigenvalue weighted by atomic mass is 15.3. The first-order valence-corrected chi connectivity index (χ1v) is 7.10. The lowest BCUT2D eigenvalue weighted by Crippen LogP contribution is -2.35. The van der Waals surface area contributed by atoms with Crippen LogP contribution in [0, 0.1) is 12.8 Å². The van der Waals surface area contributed by atoms with Crippen LogP contribution in [-0.4, -0.2) is 42.6 Å². The fraction of sp³-hybridized carbons (Fsp3) is 0.667. The van der Waals surface area contributed by atoms with Gasteiger partial charge in [-0.15, -0.1) is 0 Å². The highest BCUT2D eigenvalue weighted by molar-refractivity contribution is 5.45. The fourth-order valence-corrected chi connectivity index (χ4v) is 3.50. The van der Waals surface area contributed by atoms with Gasteiger partial charge in [-0.2, -0.15) is 0 Å². The van der Waals surface area contributed by atoms with Crippen molar-refractivity contribution >= 4 is 5.82 Å². The number of rotatable bonds is 2. The van der Waals surface area contributed by atoms with Gasteiger partial charge < -0.3 is 9.80 Å². The van der Waals surface area contributed by atoms with Crippen LogP contribution in [0.4, 0.5) is 5.82 Å². The Morgan fingerprint density at radius 3 is 2.94 bits per heavy atom. The molecule has 2 aliphatic rings. The van der Waals surface area contributed by atoms with E-state index in [1.165, 1.54) is 43.1 Å². The van der Waals surface area contributed by atoms with E-state index in [-0.39, 0.29) is 0 Å². The molecule has 2 aliphatic heterocycles. The first-order chi connectivity index (χ1) is 8.67. The molecule has 0 saturated carbocycles. The molecular weight excluding hydrogens is 222 g/mol. The second-order valence-electron chi connectivity index (χ2n) is 5.88. The van der Waals surface area contributed by atoms with E-state index in [0.29, 0.717) is 6.04 Å². The molecule has 3 heterocycles. The Morgan fingerprint density at radius 1 is 1.33 bits per heavy atom. The van der Waals surface area contributed by atoms with Crippen molar-refractivity contribution in [1.82, 2.24) is 9.88 Å². The summed E-state index contributed by atoms with van der Waals surface area (Å²) in [5, 5.41) is 0. The highest BCUT2D eigenvalue weighted by Gasteiger charge is 2.40. The van der Waals surface area contributed by atoms with Crippen molar-refractivity contribution in [2.24, 2.45) is 5.92 Å². The van der Waals surface area contributed by atoms with E-state index in [0.717, 1.165) is 12.3 Å². The van der Waals surface area contributed by atoms with E-state index >= 15 is 0 Å². The lowest BCUT2D eigenvalue weighted by molar-refractivity contribution is 0.386. The number of nitrogens with zero attached hydrogens (tertiary/aromatic N) is 3. The van der Waals surface area contributed by atoms with Gasteiger partial charge in [-0.1, -0.05) is 6.92 Å². The Bertz CT molecular complexity index is 443. The molecule has 0 aliphatic carbocycles. The molecule has 2 saturated heterocycles. The lowest BCUT2D eigenvalue weighted by Gasteiger charge is -2.26. The Balaban J connectivity index is 1.88. The number of likely N-dealkylation sites (N-methyl/N-ethyl adjacent to an activating group) is 1. The number of anilines is 1. The van der Waals surface area contributed by atoms with Gasteiger partial charge in [-0.25, -0.2) is 4.98 Å². The van der Waals surface area contributed by atoms with Crippen LogP contribution in [0.2, 0.25) is 0 Å². The minimum Gasteiger partial charge on any atom is -0.352 e. The summed E-state index contributed by atoms with van der Waals surface area (Å²) in [6.07, 6.45) is 2.35. The molecule has 1 aromatic heterocycles. The molecule has 0 N–H and O–H groups in total. The summed E-state index contributed by atoms with van der Waals surface area (Å²) >= 11 is 0. The Hall–Kier alpha value is -1.09. The number of hydrogen-bond donors (Lipinski definition) is 0. The molecule has 0 unspecified atom stereocenters. The third-order valence-corrected chi connectivity index (χ3v) is 4.40. The molecule has 98 valence electrons. The molecule has 0 amide bonds. The van der Waals surface area contributed by atoms with Crippen molar-refractivity contribution < 1.29 is 0 Å². The number of aromatic nitrogens is 1. The van der Waals surface area contributed by atoms with Gasteiger partial charge in [0.05, 0.1) is 0 Å². The zero-order valence-corrected chi connectivity index (χ0v) is 11.7. The zero-order valence-electron chi connectivity index (χ0n) is 11.7. The maximum Gasteiger partial charge on any atom is 0.129 e. The summed E-state index contributed by atoms with van der Waals surface area (Å²) in [5.74, 6) is 2.05. The molecule has 0 spiro atoms. The van der Waals surface area contributed by atoms with Gasteiger partial charge in [0.25, 0.3) is 0 Å². The van der Waals surface area contributed by atoms with Gasteiger partial charge >= 0.3 is 0 Å². The van der Waals surface area contributed by atoms with Crippen molar-refractivity contribution in [2.75, 3.05) is 31.6 Å². The predicted molar refractivity (Wildman–Crippen MR) is 75.1 cm³/mol. The topological polar surface area (TPSA) is 19.4 Å². The molecule has 2 fully saturated rings. The summed E-state index contributed by atoms with van der Waals surface area (Å²) < 4.78 is 0. The van der Waals surface area contributed by atoms with Crippen molar-refractivity contribution in [1.29, 1.82) is 0 Å². The number of hydrogen-bond acceptors (Lipinski definition) is 3. The van der Waals surface area contributed by atoms with Crippen molar-refractivity contribution in [3.05, 3.63) is 23.4 Å². The summed E-state index contributed by atoms with van der Waals surface area (Å²) in [6, 6.07) is 5.14. The number of pyridine rings is 1. The maximum absolute atomic E-state index is 4.83. The van der Waals surface area contributed by atoms with E-state index in [1.807, 2.05) is 0 Å². The zero-order chi connectivity index (χ0) is 12.7. The second kappa shape index (κ2) is 4.54. The highest BCUT2D eigenvalue weighted by Crippen LogP contribution is 2.34. The molecular formula is C15H23N3. The van der Waals surface area contributed by atoms with E-state index in [1.54, 1.807) is 0 Å². The first-order valence-electron chi connectivity index (χ1n) is 7.10. The van der Waals surface area contributed by atoms with Crippen LogP contribution in [-0.2, 0) is 6.42 Å². The van der Waals surface area contributed by atoms with Crippen LogP contribution < -0.4 is 4.90 Å². The molecule has 0 radical (unpaired) electrons. The molecule has 0 bridgehead atoms. The molecule has 3 heteroatoms.